The molecule has 0 unspecified atom stereocenters. The van der Waals surface area contributed by atoms with Crippen molar-refractivity contribution in [3.63, 3.8) is 0 Å². The molecule has 1 heterocycles. The van der Waals surface area contributed by atoms with Gasteiger partial charge in [0.25, 0.3) is 0 Å². The Kier molecular flexibility index (Phi) is 2.26. The van der Waals surface area contributed by atoms with Crippen LogP contribution in [0.3, 0.4) is 0 Å². The van der Waals surface area contributed by atoms with Gasteiger partial charge in [-0.05, 0) is 0 Å². The van der Waals surface area contributed by atoms with E-state index in [1.807, 2.05) is 20.8 Å². The Morgan fingerprint density at radius 1 is 1.42 bits per heavy atom. The highest BCUT2D eigenvalue weighted by Crippen LogP contribution is 2.18. The summed E-state index contributed by atoms with van der Waals surface area (Å²) in [5.41, 5.74) is -0.118. The molecule has 0 aliphatic heterocycles. The Labute approximate surface area is 71.4 Å². The first-order chi connectivity index (χ1) is 5.41. The van der Waals surface area contributed by atoms with Crippen LogP contribution in [0.2, 0.25) is 0 Å². The molecule has 2 N–H and O–H groups in total. The summed E-state index contributed by atoms with van der Waals surface area (Å²) in [5.74, 6) is 0.505. The van der Waals surface area contributed by atoms with Gasteiger partial charge in [0, 0.05) is 5.41 Å². The van der Waals surface area contributed by atoms with Crippen LogP contribution >= 0.6 is 0 Å². The lowest BCUT2D eigenvalue weighted by atomic mass is 9.89. The molecule has 12 heavy (non-hydrogen) atoms. The molecule has 0 aliphatic rings. The van der Waals surface area contributed by atoms with E-state index in [1.165, 1.54) is 6.20 Å². The van der Waals surface area contributed by atoms with Gasteiger partial charge in [0.1, 0.15) is 0 Å². The van der Waals surface area contributed by atoms with Crippen LogP contribution in [0.1, 0.15) is 26.7 Å². The summed E-state index contributed by atoms with van der Waals surface area (Å²) >= 11 is 0. The molecule has 1 aromatic rings. The predicted octanol–water partition coefficient (Wildman–Crippen LogP) is -0.348. The summed E-state index contributed by atoms with van der Waals surface area (Å²) in [4.78, 5) is 3.92. The maximum Gasteiger partial charge on any atom is 0.528 e. The quantitative estimate of drug-likeness (QED) is 0.564. The van der Waals surface area contributed by atoms with Crippen LogP contribution in [0.15, 0.2) is 10.6 Å². The Hall–Kier alpha value is -0.805. The van der Waals surface area contributed by atoms with Gasteiger partial charge in [-0.1, -0.05) is 20.8 Å². The third-order valence-corrected chi connectivity index (χ3v) is 1.42. The normalized spacial score (nSPS) is 11.8. The largest absolute Gasteiger partial charge is 0.528 e. The zero-order chi connectivity index (χ0) is 9.35. The molecule has 0 saturated heterocycles. The van der Waals surface area contributed by atoms with E-state index in [4.69, 9.17) is 14.5 Å². The molecular formula is C7H12BNO3. The van der Waals surface area contributed by atoms with Crippen molar-refractivity contribution < 1.29 is 14.5 Å². The minimum atomic E-state index is -1.58. The first-order valence-electron chi connectivity index (χ1n) is 3.73. The summed E-state index contributed by atoms with van der Waals surface area (Å²) in [5, 5.41) is 17.4. The third-order valence-electron chi connectivity index (χ3n) is 1.42. The van der Waals surface area contributed by atoms with Gasteiger partial charge in [0.05, 0.1) is 6.20 Å². The van der Waals surface area contributed by atoms with Crippen molar-refractivity contribution in [2.75, 3.05) is 0 Å². The fraction of sp³-hybridized carbons (Fsp3) is 0.571. The molecular weight excluding hydrogens is 157 g/mol. The van der Waals surface area contributed by atoms with Crippen LogP contribution in [-0.2, 0) is 5.41 Å². The number of nitrogens with zero attached hydrogens (tertiary/aromatic N) is 1. The smallest absolute Gasteiger partial charge is 0.449 e. The molecule has 5 heteroatoms. The van der Waals surface area contributed by atoms with Crippen LogP contribution < -0.4 is 5.66 Å². The average Bonchev–Trinajstić information content (AvgIpc) is 2.30. The maximum atomic E-state index is 8.72. The SMILES string of the molecule is CC(C)(C)c1ncc(B(O)O)o1. The molecule has 0 spiro atoms. The number of aromatic nitrogens is 1. The molecule has 4 nitrogen and oxygen atoms in total. The van der Waals surface area contributed by atoms with Crippen molar-refractivity contribution in [1.29, 1.82) is 0 Å². The highest BCUT2D eigenvalue weighted by molar-refractivity contribution is 6.56. The van der Waals surface area contributed by atoms with E-state index in [-0.39, 0.29) is 11.1 Å². The second-order valence-corrected chi connectivity index (χ2v) is 3.69. The van der Waals surface area contributed by atoms with E-state index < -0.39 is 7.12 Å². The van der Waals surface area contributed by atoms with Gasteiger partial charge in [-0.25, -0.2) is 4.98 Å². The first kappa shape index (κ1) is 9.28. The molecule has 1 aromatic heterocycles. The fourth-order valence-corrected chi connectivity index (χ4v) is 0.753. The number of oxazole rings is 1. The molecule has 0 fully saturated rings. The van der Waals surface area contributed by atoms with Crippen molar-refractivity contribution in [2.24, 2.45) is 0 Å². The van der Waals surface area contributed by atoms with Gasteiger partial charge in [-0.2, -0.15) is 0 Å². The first-order valence-corrected chi connectivity index (χ1v) is 3.73. The molecule has 0 aromatic carbocycles. The van der Waals surface area contributed by atoms with Gasteiger partial charge in [0.15, 0.2) is 11.6 Å². The number of rotatable bonds is 1. The van der Waals surface area contributed by atoms with Crippen LogP contribution in [0.5, 0.6) is 0 Å². The average molecular weight is 169 g/mol. The minimum absolute atomic E-state index is 0.0833. The predicted molar refractivity (Wildman–Crippen MR) is 45.0 cm³/mol. The molecule has 0 saturated carbocycles. The van der Waals surface area contributed by atoms with Gasteiger partial charge in [0.2, 0.25) is 0 Å². The minimum Gasteiger partial charge on any atom is -0.449 e. The highest BCUT2D eigenvalue weighted by atomic mass is 16.4. The van der Waals surface area contributed by atoms with Crippen LogP contribution in [0.4, 0.5) is 0 Å². The Bertz CT molecular complexity index is 264. The summed E-state index contributed by atoms with van der Waals surface area (Å²) in [6.07, 6.45) is 1.32. The van der Waals surface area contributed by atoms with E-state index in [0.29, 0.717) is 5.89 Å². The second kappa shape index (κ2) is 2.92. The maximum absolute atomic E-state index is 8.72. The van der Waals surface area contributed by atoms with E-state index in [2.05, 4.69) is 4.98 Å². The summed E-state index contributed by atoms with van der Waals surface area (Å²) < 4.78 is 5.10. The lowest BCUT2D eigenvalue weighted by molar-refractivity contribution is 0.376. The molecule has 0 radical (unpaired) electrons. The van der Waals surface area contributed by atoms with Crippen LogP contribution in [-0.4, -0.2) is 22.2 Å². The molecule has 0 bridgehead atoms. The number of hydrogen-bond acceptors (Lipinski definition) is 4. The fourth-order valence-electron chi connectivity index (χ4n) is 0.753. The summed E-state index contributed by atoms with van der Waals surface area (Å²) in [6.45, 7) is 5.81. The second-order valence-electron chi connectivity index (χ2n) is 3.69. The Balaban J connectivity index is 2.92. The summed E-state index contributed by atoms with van der Waals surface area (Å²) in [7, 11) is -1.58. The lowest BCUT2D eigenvalue weighted by Crippen LogP contribution is -2.28. The molecule has 1 rings (SSSR count). The van der Waals surface area contributed by atoms with Crippen molar-refractivity contribution in [3.05, 3.63) is 12.1 Å². The van der Waals surface area contributed by atoms with E-state index in [1.54, 1.807) is 0 Å². The zero-order valence-electron chi connectivity index (χ0n) is 7.40. The molecule has 0 amide bonds. The van der Waals surface area contributed by atoms with Gasteiger partial charge in [-0.15, -0.1) is 0 Å². The van der Waals surface area contributed by atoms with E-state index >= 15 is 0 Å². The van der Waals surface area contributed by atoms with Crippen LogP contribution in [0.25, 0.3) is 0 Å². The van der Waals surface area contributed by atoms with Gasteiger partial charge in [-0.3, -0.25) is 0 Å². The van der Waals surface area contributed by atoms with E-state index in [0.717, 1.165) is 0 Å². The highest BCUT2D eigenvalue weighted by Gasteiger charge is 2.24. The number of hydrogen-bond donors (Lipinski definition) is 2. The Morgan fingerprint density at radius 2 is 2.00 bits per heavy atom. The summed E-state index contributed by atoms with van der Waals surface area (Å²) in [6, 6.07) is 0. The van der Waals surface area contributed by atoms with Crippen molar-refractivity contribution in [3.8, 4) is 0 Å². The van der Waals surface area contributed by atoms with Gasteiger partial charge < -0.3 is 14.5 Å². The van der Waals surface area contributed by atoms with Crippen molar-refractivity contribution in [1.82, 2.24) is 4.98 Å². The topological polar surface area (TPSA) is 66.5 Å². The lowest BCUT2D eigenvalue weighted by Gasteiger charge is -2.12. The van der Waals surface area contributed by atoms with Gasteiger partial charge >= 0.3 is 7.12 Å². The van der Waals surface area contributed by atoms with E-state index in [9.17, 15) is 0 Å². The molecule has 0 atom stereocenters. The monoisotopic (exact) mass is 169 g/mol. The Morgan fingerprint density at radius 3 is 2.25 bits per heavy atom. The zero-order valence-corrected chi connectivity index (χ0v) is 7.40. The van der Waals surface area contributed by atoms with Crippen LogP contribution in [0, 0.1) is 0 Å². The van der Waals surface area contributed by atoms with Crippen molar-refractivity contribution in [2.45, 2.75) is 26.2 Å². The standard InChI is InChI=1S/C7H12BNO3/c1-7(2,3)6-9-4-5(12-6)8(10)11/h4,10-11H,1-3H3. The molecule has 66 valence electrons. The molecule has 0 aliphatic carbocycles. The third kappa shape index (κ3) is 1.87. The van der Waals surface area contributed by atoms with Crippen molar-refractivity contribution >= 4 is 12.8 Å².